The van der Waals surface area contributed by atoms with Gasteiger partial charge < -0.3 is 28.4 Å². The van der Waals surface area contributed by atoms with Crippen molar-refractivity contribution in [2.24, 2.45) is 0 Å². The van der Waals surface area contributed by atoms with Crippen molar-refractivity contribution in [3.63, 3.8) is 0 Å². The van der Waals surface area contributed by atoms with Crippen LogP contribution in [0, 0.1) is 11.8 Å². The Bertz CT molecular complexity index is 3290. The molecule has 76 heavy (non-hydrogen) atoms. The van der Waals surface area contributed by atoms with E-state index in [1.165, 1.54) is 0 Å². The lowest BCUT2D eigenvalue weighted by Gasteiger charge is -2.13. The van der Waals surface area contributed by atoms with E-state index in [0.717, 1.165) is 78.6 Å². The van der Waals surface area contributed by atoms with E-state index in [1.807, 2.05) is 103 Å². The van der Waals surface area contributed by atoms with Crippen molar-refractivity contribution < 1.29 is 47.6 Å². The summed E-state index contributed by atoms with van der Waals surface area (Å²) in [4.78, 5) is 54.3. The molecule has 10 aliphatic carbocycles. The van der Waals surface area contributed by atoms with Crippen molar-refractivity contribution in [2.45, 2.75) is 27.7 Å². The Morgan fingerprint density at radius 1 is 0.329 bits per heavy atom. The zero-order valence-electron chi connectivity index (χ0n) is 43.1. The number of rotatable bonds is 16. The van der Waals surface area contributed by atoms with Crippen LogP contribution in [0.1, 0.15) is 103 Å². The summed E-state index contributed by atoms with van der Waals surface area (Å²) in [5, 5.41) is 0. The first-order chi connectivity index (χ1) is 37.1. The molecular weight excluding hydrogens is 953 g/mol. The van der Waals surface area contributed by atoms with Crippen LogP contribution in [0.2, 0.25) is 0 Å². The molecule has 0 saturated heterocycles. The first kappa shape index (κ1) is 50.3. The molecule has 0 fully saturated rings. The maximum absolute atomic E-state index is 13.6. The van der Waals surface area contributed by atoms with Gasteiger partial charge in [-0.3, -0.25) is 0 Å². The molecule has 0 unspecified atom stereocenters. The van der Waals surface area contributed by atoms with Crippen LogP contribution in [-0.4, -0.2) is 64.5 Å². The molecule has 0 amide bonds. The minimum Gasteiger partial charge on any atom is -0.497 e. The van der Waals surface area contributed by atoms with Crippen molar-refractivity contribution >= 4 is 23.9 Å². The van der Waals surface area contributed by atoms with Crippen molar-refractivity contribution in [1.82, 2.24) is 0 Å². The van der Waals surface area contributed by atoms with E-state index in [1.54, 1.807) is 54.0 Å². The minimum atomic E-state index is -0.541. The molecule has 10 aliphatic rings. The fourth-order valence-electron chi connectivity index (χ4n) is 10.4. The maximum atomic E-state index is 13.6. The molecular formula is C66H54O10+2. The molecule has 0 bridgehead atoms. The molecule has 0 aromatic rings. The highest BCUT2D eigenvalue weighted by Gasteiger charge is 2.39. The SMILES string of the molecule is CCOC(=O)c1cc(C(=O)OCC)c2ccc([C+](c3ccc4ccc(OC)ccc3-4)c3cc([C+](c4ccc5c(C(=O)OCC)cc(C(=O)OCC)c-5cc4)c4ccc5ccc(OC)ccc4-5)c4cccccc3-4)ccc1-2. The third kappa shape index (κ3) is 9.23. The van der Waals surface area contributed by atoms with Crippen LogP contribution in [0.15, 0.2) is 170 Å². The molecule has 376 valence electrons. The van der Waals surface area contributed by atoms with Gasteiger partial charge in [-0.25, -0.2) is 19.2 Å². The van der Waals surface area contributed by atoms with Gasteiger partial charge in [-0.15, -0.1) is 0 Å². The van der Waals surface area contributed by atoms with Gasteiger partial charge in [-0.1, -0.05) is 18.2 Å². The molecule has 0 aliphatic heterocycles. The highest BCUT2D eigenvalue weighted by atomic mass is 16.5. The quantitative estimate of drug-likeness (QED) is 0.0525. The fourth-order valence-corrected chi connectivity index (χ4v) is 10.4. The third-order valence-corrected chi connectivity index (χ3v) is 13.8. The molecule has 10 rings (SSSR count). The number of carbonyl (C=O) groups is 4. The van der Waals surface area contributed by atoms with Gasteiger partial charge in [0, 0.05) is 50.6 Å². The van der Waals surface area contributed by atoms with E-state index in [9.17, 15) is 19.2 Å². The van der Waals surface area contributed by atoms with Gasteiger partial charge in [0.25, 0.3) is 0 Å². The number of hydrogen-bond acceptors (Lipinski definition) is 10. The summed E-state index contributed by atoms with van der Waals surface area (Å²) < 4.78 is 33.5. The largest absolute Gasteiger partial charge is 0.497 e. The topological polar surface area (TPSA) is 124 Å². The van der Waals surface area contributed by atoms with Gasteiger partial charge in [-0.05, 0) is 173 Å². The second kappa shape index (κ2) is 21.7. The molecule has 10 heteroatoms. The average molecular weight is 1010 g/mol. The first-order valence-corrected chi connectivity index (χ1v) is 25.3. The molecule has 0 aromatic heterocycles. The Hall–Kier alpha value is -9.28. The lowest BCUT2D eigenvalue weighted by molar-refractivity contribution is 0.0511. The second-order valence-corrected chi connectivity index (χ2v) is 18.0. The number of carbonyl (C=O) groups excluding carboxylic acids is 4. The summed E-state index contributed by atoms with van der Waals surface area (Å²) in [7, 11) is 3.29. The van der Waals surface area contributed by atoms with Crippen LogP contribution in [0.25, 0.3) is 55.6 Å². The molecule has 0 heterocycles. The Morgan fingerprint density at radius 3 is 0.974 bits per heavy atom. The number of ether oxygens (including phenoxy) is 6. The van der Waals surface area contributed by atoms with Crippen LogP contribution < -0.4 is 9.47 Å². The smallest absolute Gasteiger partial charge is 0.338 e. The van der Waals surface area contributed by atoms with Gasteiger partial charge in [0.05, 0.1) is 119 Å². The second-order valence-electron chi connectivity index (χ2n) is 18.0. The van der Waals surface area contributed by atoms with E-state index in [-0.39, 0.29) is 48.7 Å². The molecule has 0 saturated carbocycles. The molecule has 10 nitrogen and oxygen atoms in total. The van der Waals surface area contributed by atoms with Gasteiger partial charge in [0.2, 0.25) is 0 Å². The number of fused-ring (bicyclic) bond motifs is 5. The van der Waals surface area contributed by atoms with Crippen LogP contribution in [-0.2, 0) is 18.9 Å². The monoisotopic (exact) mass is 1010 g/mol. The van der Waals surface area contributed by atoms with E-state index in [0.29, 0.717) is 33.8 Å². The predicted molar refractivity (Wildman–Crippen MR) is 293 cm³/mol. The van der Waals surface area contributed by atoms with Crippen LogP contribution >= 0.6 is 0 Å². The van der Waals surface area contributed by atoms with E-state index >= 15 is 0 Å². The highest BCUT2D eigenvalue weighted by Crippen LogP contribution is 2.51. The highest BCUT2D eigenvalue weighted by molar-refractivity contribution is 6.09. The Balaban J connectivity index is 1.27. The van der Waals surface area contributed by atoms with Crippen molar-refractivity contribution in [1.29, 1.82) is 0 Å². The summed E-state index contributed by atoms with van der Waals surface area (Å²) in [6.07, 6.45) is 0. The average Bonchev–Trinajstić information content (AvgIpc) is 4.08. The zero-order chi connectivity index (χ0) is 53.0. The first-order valence-electron chi connectivity index (χ1n) is 25.3. The van der Waals surface area contributed by atoms with Crippen molar-refractivity contribution in [3.05, 3.63) is 237 Å². The molecule has 0 N–H and O–H groups in total. The van der Waals surface area contributed by atoms with Crippen LogP contribution in [0.4, 0.5) is 0 Å². The number of esters is 4. The minimum absolute atomic E-state index is 0.160. The molecule has 0 spiro atoms. The van der Waals surface area contributed by atoms with E-state index < -0.39 is 23.9 Å². The number of hydrogen-bond donors (Lipinski definition) is 0. The lowest BCUT2D eigenvalue weighted by Crippen LogP contribution is -2.05. The fraction of sp³-hybridized carbons (Fsp3) is 0.152. The Kier molecular flexibility index (Phi) is 14.3. The van der Waals surface area contributed by atoms with Gasteiger partial charge >= 0.3 is 23.9 Å². The summed E-state index contributed by atoms with van der Waals surface area (Å²) >= 11 is 0. The maximum Gasteiger partial charge on any atom is 0.338 e. The van der Waals surface area contributed by atoms with Gasteiger partial charge in [0.1, 0.15) is 11.5 Å². The molecule has 0 aromatic carbocycles. The lowest BCUT2D eigenvalue weighted by atomic mass is 9.83. The van der Waals surface area contributed by atoms with Gasteiger partial charge in [0.15, 0.2) is 0 Å². The van der Waals surface area contributed by atoms with Crippen LogP contribution in [0.5, 0.6) is 11.5 Å². The van der Waals surface area contributed by atoms with Crippen LogP contribution in [0.3, 0.4) is 0 Å². The Labute approximate surface area is 442 Å². The molecule has 0 atom stereocenters. The van der Waals surface area contributed by atoms with E-state index in [2.05, 4.69) is 54.6 Å². The molecule has 0 radical (unpaired) electrons. The summed E-state index contributed by atoms with van der Waals surface area (Å²) in [6.45, 7) is 7.63. The van der Waals surface area contributed by atoms with Gasteiger partial charge in [-0.2, -0.15) is 0 Å². The zero-order valence-corrected chi connectivity index (χ0v) is 43.1. The number of methoxy groups -OCH3 is 2. The standard InChI is InChI=1S/C66H54O10/c1-7-73-63(67)57-37-58(64(68)74-8-2)50-29-21-41(20-28-49(50)57)61(53-32-18-39-16-24-43(71-5)26-34-45(39)53)55-36-56(48-15-13-11-12-14-47(48)55)62(54-33-19-40-17-25-44(72-6)27-35-46(40)54)42-22-30-51-52(31-23-42)60(66(70)76-10-4)38-59(51)65(69)75-9-3/h11-38H,7-10H2,1-6H3/q+2. The summed E-state index contributed by atoms with van der Waals surface area (Å²) in [5.74, 6) is 1.00. The third-order valence-electron chi connectivity index (χ3n) is 13.8. The van der Waals surface area contributed by atoms with E-state index in [4.69, 9.17) is 28.4 Å². The Morgan fingerprint density at radius 2 is 0.645 bits per heavy atom. The summed E-state index contributed by atoms with van der Waals surface area (Å²) in [6, 6.07) is 55.6. The normalized spacial score (nSPS) is 11.2. The summed E-state index contributed by atoms with van der Waals surface area (Å²) in [5.41, 5.74) is 14.3. The van der Waals surface area contributed by atoms with Crippen molar-refractivity contribution in [3.8, 4) is 67.1 Å². The van der Waals surface area contributed by atoms with Crippen molar-refractivity contribution in [2.75, 3.05) is 40.6 Å². The predicted octanol–water partition coefficient (Wildman–Crippen LogP) is 14.0.